The fourth-order valence-electron chi connectivity index (χ4n) is 1.94. The van der Waals surface area contributed by atoms with Gasteiger partial charge in [-0.2, -0.15) is 0 Å². The van der Waals surface area contributed by atoms with E-state index in [1.807, 2.05) is 13.0 Å². The van der Waals surface area contributed by atoms with Crippen molar-refractivity contribution in [1.82, 2.24) is 15.3 Å². The van der Waals surface area contributed by atoms with Gasteiger partial charge in [-0.05, 0) is 40.5 Å². The second-order valence-corrected chi connectivity index (χ2v) is 4.95. The van der Waals surface area contributed by atoms with Crippen LogP contribution in [0.15, 0.2) is 41.3 Å². The van der Waals surface area contributed by atoms with Gasteiger partial charge in [0.2, 0.25) is 0 Å². The molecule has 0 aliphatic carbocycles. The minimum absolute atomic E-state index is 0.0248. The van der Waals surface area contributed by atoms with Crippen molar-refractivity contribution >= 4 is 15.9 Å². The van der Waals surface area contributed by atoms with Gasteiger partial charge in [-0.25, -0.2) is 4.39 Å². The van der Waals surface area contributed by atoms with E-state index in [-0.39, 0.29) is 11.9 Å². The topological polar surface area (TPSA) is 37.8 Å². The Kier molecular flexibility index (Phi) is 4.99. The fourth-order valence-corrected chi connectivity index (χ4v) is 2.37. The predicted molar refractivity (Wildman–Crippen MR) is 76.3 cm³/mol. The molecule has 3 nitrogen and oxygen atoms in total. The lowest BCUT2D eigenvalue weighted by Gasteiger charge is -2.18. The van der Waals surface area contributed by atoms with Crippen molar-refractivity contribution in [3.63, 3.8) is 0 Å². The van der Waals surface area contributed by atoms with Crippen molar-refractivity contribution in [3.05, 3.63) is 58.3 Å². The summed E-state index contributed by atoms with van der Waals surface area (Å²) in [5, 5.41) is 3.35. The third-order valence-corrected chi connectivity index (χ3v) is 3.73. The standard InChI is InChI=1S/C14H15BrFN3/c1-2-18-12(13-9-17-6-7-19-13)8-10-4-3-5-11(16)14(10)15/h3-7,9,12,18H,2,8H2,1H3. The van der Waals surface area contributed by atoms with Gasteiger partial charge in [-0.1, -0.05) is 19.1 Å². The van der Waals surface area contributed by atoms with Crippen LogP contribution in [0.1, 0.15) is 24.2 Å². The van der Waals surface area contributed by atoms with Gasteiger partial charge in [-0.3, -0.25) is 9.97 Å². The second kappa shape index (κ2) is 6.73. The van der Waals surface area contributed by atoms with Crippen LogP contribution >= 0.6 is 15.9 Å². The van der Waals surface area contributed by atoms with Crippen LogP contribution in [0.25, 0.3) is 0 Å². The zero-order valence-electron chi connectivity index (χ0n) is 10.6. The van der Waals surface area contributed by atoms with Gasteiger partial charge in [0.15, 0.2) is 0 Å². The largest absolute Gasteiger partial charge is 0.309 e. The van der Waals surface area contributed by atoms with Gasteiger partial charge in [0, 0.05) is 18.6 Å². The van der Waals surface area contributed by atoms with Gasteiger partial charge in [-0.15, -0.1) is 0 Å². The molecule has 1 unspecified atom stereocenters. The Bertz CT molecular complexity index is 533. The molecule has 1 N–H and O–H groups in total. The molecule has 2 aromatic rings. The number of rotatable bonds is 5. The molecule has 0 bridgehead atoms. The Morgan fingerprint density at radius 1 is 1.37 bits per heavy atom. The van der Waals surface area contributed by atoms with E-state index in [1.165, 1.54) is 6.07 Å². The molecule has 19 heavy (non-hydrogen) atoms. The minimum Gasteiger partial charge on any atom is -0.309 e. The molecule has 0 fully saturated rings. The predicted octanol–water partition coefficient (Wildman–Crippen LogP) is 3.27. The maximum atomic E-state index is 13.5. The lowest BCUT2D eigenvalue weighted by Crippen LogP contribution is -2.24. The van der Waals surface area contributed by atoms with Crippen LogP contribution in [0.4, 0.5) is 4.39 Å². The first-order valence-corrected chi connectivity index (χ1v) is 6.94. The summed E-state index contributed by atoms with van der Waals surface area (Å²) in [7, 11) is 0. The van der Waals surface area contributed by atoms with Crippen molar-refractivity contribution < 1.29 is 4.39 Å². The van der Waals surface area contributed by atoms with E-state index in [0.29, 0.717) is 10.9 Å². The Labute approximate surface area is 120 Å². The highest BCUT2D eigenvalue weighted by molar-refractivity contribution is 9.10. The molecular weight excluding hydrogens is 309 g/mol. The normalized spacial score (nSPS) is 12.4. The first kappa shape index (κ1) is 14.1. The maximum Gasteiger partial charge on any atom is 0.137 e. The Hall–Kier alpha value is -1.33. The number of hydrogen-bond acceptors (Lipinski definition) is 3. The summed E-state index contributed by atoms with van der Waals surface area (Å²) in [5.41, 5.74) is 1.78. The second-order valence-electron chi connectivity index (χ2n) is 4.16. The van der Waals surface area contributed by atoms with Crippen LogP contribution in [-0.4, -0.2) is 16.5 Å². The molecule has 100 valence electrons. The maximum absolute atomic E-state index is 13.5. The van der Waals surface area contributed by atoms with E-state index in [2.05, 4.69) is 31.2 Å². The number of aromatic nitrogens is 2. The molecule has 0 radical (unpaired) electrons. The van der Waals surface area contributed by atoms with Crippen molar-refractivity contribution in [3.8, 4) is 0 Å². The van der Waals surface area contributed by atoms with Crippen LogP contribution < -0.4 is 5.32 Å². The number of hydrogen-bond donors (Lipinski definition) is 1. The molecule has 0 aliphatic heterocycles. The highest BCUT2D eigenvalue weighted by Gasteiger charge is 2.15. The van der Waals surface area contributed by atoms with Crippen molar-refractivity contribution in [1.29, 1.82) is 0 Å². The first-order chi connectivity index (χ1) is 9.22. The molecule has 0 aliphatic rings. The van der Waals surface area contributed by atoms with Crippen LogP contribution in [0.5, 0.6) is 0 Å². The van der Waals surface area contributed by atoms with Crippen LogP contribution in [0.2, 0.25) is 0 Å². The van der Waals surface area contributed by atoms with Crippen molar-refractivity contribution in [2.75, 3.05) is 6.54 Å². The molecule has 1 atom stereocenters. The summed E-state index contributed by atoms with van der Waals surface area (Å²) in [6.07, 6.45) is 5.70. The summed E-state index contributed by atoms with van der Waals surface area (Å²) >= 11 is 3.29. The molecule has 1 heterocycles. The number of likely N-dealkylation sites (N-methyl/N-ethyl adjacent to an activating group) is 1. The summed E-state index contributed by atoms with van der Waals surface area (Å²) in [4.78, 5) is 8.39. The molecule has 1 aromatic heterocycles. The van der Waals surface area contributed by atoms with Gasteiger partial charge < -0.3 is 5.32 Å². The zero-order chi connectivity index (χ0) is 13.7. The summed E-state index contributed by atoms with van der Waals surface area (Å²) < 4.78 is 14.0. The van der Waals surface area contributed by atoms with Gasteiger partial charge in [0.25, 0.3) is 0 Å². The molecular formula is C14H15BrFN3. The van der Waals surface area contributed by atoms with Gasteiger partial charge in [0.05, 0.1) is 16.2 Å². The Balaban J connectivity index is 2.24. The number of halogens is 2. The lowest BCUT2D eigenvalue weighted by molar-refractivity contribution is 0.530. The quantitative estimate of drug-likeness (QED) is 0.917. The van der Waals surface area contributed by atoms with E-state index in [1.54, 1.807) is 24.7 Å². The van der Waals surface area contributed by atoms with Crippen LogP contribution in [-0.2, 0) is 6.42 Å². The van der Waals surface area contributed by atoms with Crippen LogP contribution in [0.3, 0.4) is 0 Å². The minimum atomic E-state index is -0.244. The van der Waals surface area contributed by atoms with E-state index < -0.39 is 0 Å². The smallest absolute Gasteiger partial charge is 0.137 e. The zero-order valence-corrected chi connectivity index (χ0v) is 12.2. The average molecular weight is 324 g/mol. The average Bonchev–Trinajstić information content (AvgIpc) is 2.44. The molecule has 0 saturated carbocycles. The molecule has 1 aromatic carbocycles. The first-order valence-electron chi connectivity index (χ1n) is 6.14. The Morgan fingerprint density at radius 2 is 2.21 bits per heavy atom. The van der Waals surface area contributed by atoms with Gasteiger partial charge in [0.1, 0.15) is 5.82 Å². The fraction of sp³-hybridized carbons (Fsp3) is 0.286. The SMILES string of the molecule is CCNC(Cc1cccc(F)c1Br)c1cnccn1. The number of nitrogens with one attached hydrogen (secondary N) is 1. The summed E-state index contributed by atoms with van der Waals surface area (Å²) in [5.74, 6) is -0.244. The van der Waals surface area contributed by atoms with Crippen molar-refractivity contribution in [2.45, 2.75) is 19.4 Å². The summed E-state index contributed by atoms with van der Waals surface area (Å²) in [6.45, 7) is 2.85. The number of nitrogens with zero attached hydrogens (tertiary/aromatic N) is 2. The molecule has 5 heteroatoms. The third-order valence-electron chi connectivity index (χ3n) is 2.85. The monoisotopic (exact) mass is 323 g/mol. The highest BCUT2D eigenvalue weighted by atomic mass is 79.9. The molecule has 0 saturated heterocycles. The third kappa shape index (κ3) is 3.58. The molecule has 2 rings (SSSR count). The van der Waals surface area contributed by atoms with Gasteiger partial charge >= 0.3 is 0 Å². The molecule has 0 amide bonds. The lowest BCUT2D eigenvalue weighted by atomic mass is 10.0. The van der Waals surface area contributed by atoms with Crippen LogP contribution in [0, 0.1) is 5.82 Å². The van der Waals surface area contributed by atoms with Crippen molar-refractivity contribution in [2.24, 2.45) is 0 Å². The van der Waals surface area contributed by atoms with E-state index in [0.717, 1.165) is 17.8 Å². The highest BCUT2D eigenvalue weighted by Crippen LogP contribution is 2.25. The summed E-state index contributed by atoms with van der Waals surface area (Å²) in [6, 6.07) is 5.10. The van der Waals surface area contributed by atoms with E-state index in [9.17, 15) is 4.39 Å². The molecule has 0 spiro atoms. The van der Waals surface area contributed by atoms with E-state index >= 15 is 0 Å². The number of benzene rings is 1. The Morgan fingerprint density at radius 3 is 2.89 bits per heavy atom. The van der Waals surface area contributed by atoms with E-state index in [4.69, 9.17) is 0 Å².